The van der Waals surface area contributed by atoms with Crippen molar-refractivity contribution in [1.29, 1.82) is 0 Å². The van der Waals surface area contributed by atoms with Crippen molar-refractivity contribution in [2.45, 2.75) is 13.0 Å². The summed E-state index contributed by atoms with van der Waals surface area (Å²) in [7, 11) is 0. The van der Waals surface area contributed by atoms with E-state index in [0.29, 0.717) is 5.56 Å². The van der Waals surface area contributed by atoms with Crippen LogP contribution in [0.2, 0.25) is 0 Å². The number of hydrogen-bond donors (Lipinski definition) is 1. The van der Waals surface area contributed by atoms with Crippen LogP contribution in [0.15, 0.2) is 36.4 Å². The highest BCUT2D eigenvalue weighted by Gasteiger charge is 2.10. The van der Waals surface area contributed by atoms with Gasteiger partial charge in [0.05, 0.1) is 0 Å². The fraction of sp³-hybridized carbons (Fsp3) is 0.143. The van der Waals surface area contributed by atoms with Crippen LogP contribution in [0.5, 0.6) is 0 Å². The molecule has 5 heteroatoms. The van der Waals surface area contributed by atoms with Gasteiger partial charge in [0.25, 0.3) is 0 Å². The SMILES string of the molecule is CC(Nc1ccc(F)cc1I)c1ccc(F)c(F)c1. The molecule has 0 spiro atoms. The zero-order valence-corrected chi connectivity index (χ0v) is 12.2. The molecule has 0 saturated heterocycles. The van der Waals surface area contributed by atoms with Crippen LogP contribution >= 0.6 is 22.6 Å². The van der Waals surface area contributed by atoms with E-state index < -0.39 is 11.6 Å². The first-order valence-electron chi connectivity index (χ1n) is 5.64. The van der Waals surface area contributed by atoms with Gasteiger partial charge in [0, 0.05) is 15.3 Å². The number of hydrogen-bond acceptors (Lipinski definition) is 1. The quantitative estimate of drug-likeness (QED) is 0.752. The van der Waals surface area contributed by atoms with Gasteiger partial charge < -0.3 is 5.32 Å². The second-order valence-electron chi connectivity index (χ2n) is 4.16. The van der Waals surface area contributed by atoms with Crippen LogP contribution in [0.3, 0.4) is 0 Å². The Morgan fingerprint density at radius 1 is 1.00 bits per heavy atom. The zero-order chi connectivity index (χ0) is 14.0. The second kappa shape index (κ2) is 5.81. The van der Waals surface area contributed by atoms with Gasteiger partial charge in [0.2, 0.25) is 0 Å². The third-order valence-electron chi connectivity index (χ3n) is 2.75. The number of halogens is 4. The molecule has 0 aliphatic heterocycles. The molecule has 0 aliphatic rings. The van der Waals surface area contributed by atoms with E-state index in [-0.39, 0.29) is 11.9 Å². The molecule has 0 saturated carbocycles. The van der Waals surface area contributed by atoms with Crippen LogP contribution in [0.1, 0.15) is 18.5 Å². The van der Waals surface area contributed by atoms with E-state index in [2.05, 4.69) is 5.32 Å². The van der Waals surface area contributed by atoms with Crippen molar-refractivity contribution in [2.24, 2.45) is 0 Å². The molecule has 0 bridgehead atoms. The average molecular weight is 377 g/mol. The zero-order valence-electron chi connectivity index (χ0n) is 10.1. The molecule has 1 N–H and O–H groups in total. The maximum Gasteiger partial charge on any atom is 0.159 e. The Morgan fingerprint density at radius 2 is 1.74 bits per heavy atom. The normalized spacial score (nSPS) is 12.3. The first kappa shape index (κ1) is 14.2. The molecule has 1 nitrogen and oxygen atoms in total. The summed E-state index contributed by atoms with van der Waals surface area (Å²) in [5.41, 5.74) is 1.37. The maximum absolute atomic E-state index is 13.2. The van der Waals surface area contributed by atoms with Gasteiger partial charge >= 0.3 is 0 Å². The predicted molar refractivity (Wildman–Crippen MR) is 77.5 cm³/mol. The standard InChI is InChI=1S/C14H11F3IN/c1-8(9-2-4-11(16)12(17)6-9)19-14-5-3-10(15)7-13(14)18/h2-8,19H,1H3. The molecule has 0 radical (unpaired) electrons. The van der Waals surface area contributed by atoms with Crippen molar-refractivity contribution in [3.05, 3.63) is 63.0 Å². The lowest BCUT2D eigenvalue weighted by Gasteiger charge is -2.17. The summed E-state index contributed by atoms with van der Waals surface area (Å²) in [6.45, 7) is 1.83. The molecule has 0 heterocycles. The smallest absolute Gasteiger partial charge is 0.159 e. The van der Waals surface area contributed by atoms with Gasteiger partial charge in [-0.15, -0.1) is 0 Å². The largest absolute Gasteiger partial charge is 0.378 e. The first-order chi connectivity index (χ1) is 8.97. The topological polar surface area (TPSA) is 12.0 Å². The molecule has 100 valence electrons. The average Bonchev–Trinajstić information content (AvgIpc) is 2.36. The summed E-state index contributed by atoms with van der Waals surface area (Å²) in [4.78, 5) is 0. The van der Waals surface area contributed by atoms with Gasteiger partial charge in [0.15, 0.2) is 11.6 Å². The Morgan fingerprint density at radius 3 is 2.37 bits per heavy atom. The van der Waals surface area contributed by atoms with Crippen molar-refractivity contribution in [2.75, 3.05) is 5.32 Å². The summed E-state index contributed by atoms with van der Waals surface area (Å²) in [6, 6.07) is 7.93. The molecule has 2 rings (SSSR count). The number of benzene rings is 2. The lowest BCUT2D eigenvalue weighted by Crippen LogP contribution is -2.08. The Balaban J connectivity index is 2.20. The highest BCUT2D eigenvalue weighted by atomic mass is 127. The van der Waals surface area contributed by atoms with Crippen molar-refractivity contribution in [3.63, 3.8) is 0 Å². The van der Waals surface area contributed by atoms with Gasteiger partial charge in [-0.25, -0.2) is 13.2 Å². The van der Waals surface area contributed by atoms with Crippen LogP contribution in [0.4, 0.5) is 18.9 Å². The van der Waals surface area contributed by atoms with Crippen molar-refractivity contribution >= 4 is 28.3 Å². The van der Waals surface area contributed by atoms with E-state index in [1.165, 1.54) is 18.2 Å². The van der Waals surface area contributed by atoms with E-state index in [1.54, 1.807) is 6.07 Å². The van der Waals surface area contributed by atoms with Crippen molar-refractivity contribution < 1.29 is 13.2 Å². The maximum atomic E-state index is 13.2. The minimum atomic E-state index is -0.875. The Hall–Kier alpha value is -1.24. The van der Waals surface area contributed by atoms with Crippen LogP contribution in [-0.4, -0.2) is 0 Å². The first-order valence-corrected chi connectivity index (χ1v) is 6.72. The number of rotatable bonds is 3. The monoisotopic (exact) mass is 377 g/mol. The molecule has 0 aromatic heterocycles. The lowest BCUT2D eigenvalue weighted by atomic mass is 10.1. The third-order valence-corrected chi connectivity index (χ3v) is 3.64. The molecule has 0 amide bonds. The van der Waals surface area contributed by atoms with Crippen molar-refractivity contribution in [1.82, 2.24) is 0 Å². The van der Waals surface area contributed by atoms with Gasteiger partial charge in [-0.3, -0.25) is 0 Å². The molecular formula is C14H11F3IN. The van der Waals surface area contributed by atoms with Crippen LogP contribution < -0.4 is 5.32 Å². The second-order valence-corrected chi connectivity index (χ2v) is 5.33. The number of anilines is 1. The minimum Gasteiger partial charge on any atom is -0.378 e. The van der Waals surface area contributed by atoms with Gasteiger partial charge in [-0.2, -0.15) is 0 Å². The Labute approximate surface area is 123 Å². The Kier molecular flexibility index (Phi) is 4.34. The van der Waals surface area contributed by atoms with E-state index in [1.807, 2.05) is 29.5 Å². The van der Waals surface area contributed by atoms with Crippen LogP contribution in [-0.2, 0) is 0 Å². The molecule has 0 aliphatic carbocycles. The van der Waals surface area contributed by atoms with Gasteiger partial charge in [-0.1, -0.05) is 6.07 Å². The summed E-state index contributed by atoms with van der Waals surface area (Å²) >= 11 is 2.01. The van der Waals surface area contributed by atoms with Gasteiger partial charge in [0.1, 0.15) is 5.82 Å². The Bertz CT molecular complexity index is 601. The van der Waals surface area contributed by atoms with Crippen LogP contribution in [0, 0.1) is 21.0 Å². The van der Waals surface area contributed by atoms with E-state index in [9.17, 15) is 13.2 Å². The van der Waals surface area contributed by atoms with Crippen molar-refractivity contribution in [3.8, 4) is 0 Å². The lowest BCUT2D eigenvalue weighted by molar-refractivity contribution is 0.506. The predicted octanol–water partition coefficient (Wildman–Crippen LogP) is 4.88. The molecular weight excluding hydrogens is 366 g/mol. The summed E-state index contributed by atoms with van der Waals surface area (Å²) < 4.78 is 39.7. The number of nitrogens with one attached hydrogen (secondary N) is 1. The molecule has 2 aromatic rings. The summed E-state index contributed by atoms with van der Waals surface area (Å²) in [5.74, 6) is -2.05. The fourth-order valence-corrected chi connectivity index (χ4v) is 2.34. The molecule has 0 fully saturated rings. The molecule has 2 aromatic carbocycles. The highest BCUT2D eigenvalue weighted by Crippen LogP contribution is 2.25. The van der Waals surface area contributed by atoms with E-state index in [0.717, 1.165) is 21.4 Å². The minimum absolute atomic E-state index is 0.214. The molecule has 1 unspecified atom stereocenters. The van der Waals surface area contributed by atoms with E-state index >= 15 is 0 Å². The fourth-order valence-electron chi connectivity index (χ4n) is 1.70. The summed E-state index contributed by atoms with van der Waals surface area (Å²) in [6.07, 6.45) is 0. The molecule has 1 atom stereocenters. The third kappa shape index (κ3) is 3.40. The van der Waals surface area contributed by atoms with Gasteiger partial charge in [-0.05, 0) is 65.4 Å². The van der Waals surface area contributed by atoms with Crippen LogP contribution in [0.25, 0.3) is 0 Å². The summed E-state index contributed by atoms with van der Waals surface area (Å²) in [5, 5.41) is 3.14. The highest BCUT2D eigenvalue weighted by molar-refractivity contribution is 14.1. The van der Waals surface area contributed by atoms with E-state index in [4.69, 9.17) is 0 Å². The molecule has 19 heavy (non-hydrogen) atoms.